The highest BCUT2D eigenvalue weighted by molar-refractivity contribution is 5.89. The molecule has 4 rings (SSSR count). The Morgan fingerprint density at radius 3 is 2.56 bits per heavy atom. The summed E-state index contributed by atoms with van der Waals surface area (Å²) in [7, 11) is 0. The molecule has 0 bridgehead atoms. The largest absolute Gasteiger partial charge is 0.282 e. The van der Waals surface area contributed by atoms with Gasteiger partial charge in [-0.05, 0) is 35.8 Å². The molecular weight excluding hydrogens is 312 g/mol. The number of nitrogens with zero attached hydrogens (tertiary/aromatic N) is 4. The van der Waals surface area contributed by atoms with Crippen LogP contribution < -0.4 is 0 Å². The zero-order valence-corrected chi connectivity index (χ0v) is 14.1. The summed E-state index contributed by atoms with van der Waals surface area (Å²) >= 11 is 0. The quantitative estimate of drug-likeness (QED) is 0.596. The minimum Gasteiger partial charge on any atom is -0.282 e. The molecule has 6 heteroatoms. The number of aromatic amines is 2. The van der Waals surface area contributed by atoms with Crippen LogP contribution in [-0.4, -0.2) is 30.8 Å². The smallest absolute Gasteiger partial charge is 0.205 e. The van der Waals surface area contributed by atoms with Gasteiger partial charge in [0.15, 0.2) is 0 Å². The van der Waals surface area contributed by atoms with Gasteiger partial charge in [-0.25, -0.2) is 0 Å². The number of hydrogen-bond donors (Lipinski definition) is 2. The molecule has 0 saturated heterocycles. The molecule has 2 aromatic carbocycles. The fourth-order valence-electron chi connectivity index (χ4n) is 3.08. The van der Waals surface area contributed by atoms with Crippen LogP contribution in [0.5, 0.6) is 0 Å². The van der Waals surface area contributed by atoms with Crippen molar-refractivity contribution < 1.29 is 0 Å². The summed E-state index contributed by atoms with van der Waals surface area (Å²) in [6, 6.07) is 16.5. The molecule has 0 unspecified atom stereocenters. The first-order valence-corrected chi connectivity index (χ1v) is 8.25. The first-order valence-electron chi connectivity index (χ1n) is 8.25. The summed E-state index contributed by atoms with van der Waals surface area (Å²) in [4.78, 5) is 0. The molecule has 0 aliphatic rings. The third-order valence-corrected chi connectivity index (χ3v) is 4.34. The molecular formula is C19H18N6. The molecule has 124 valence electrons. The first kappa shape index (κ1) is 15.3. The minimum absolute atomic E-state index is 0.574. The maximum atomic E-state index is 4.57. The van der Waals surface area contributed by atoms with Crippen LogP contribution in [0.1, 0.15) is 18.2 Å². The lowest BCUT2D eigenvalue weighted by molar-refractivity contribution is 0.881. The van der Waals surface area contributed by atoms with E-state index in [1.54, 1.807) is 0 Å². The van der Waals surface area contributed by atoms with Crippen molar-refractivity contribution in [2.75, 3.05) is 0 Å². The summed E-state index contributed by atoms with van der Waals surface area (Å²) in [6.07, 6.45) is 0.992. The third-order valence-electron chi connectivity index (χ3n) is 4.34. The Bertz CT molecular complexity index is 1000. The van der Waals surface area contributed by atoms with Gasteiger partial charge < -0.3 is 0 Å². The lowest BCUT2D eigenvalue weighted by Crippen LogP contribution is -1.91. The molecule has 0 aliphatic heterocycles. The van der Waals surface area contributed by atoms with Crippen molar-refractivity contribution >= 4 is 0 Å². The fourth-order valence-corrected chi connectivity index (χ4v) is 3.08. The number of H-pyrrole nitrogens is 2. The summed E-state index contributed by atoms with van der Waals surface area (Å²) in [5.41, 5.74) is 7.35. The zero-order valence-electron chi connectivity index (χ0n) is 14.1. The van der Waals surface area contributed by atoms with Gasteiger partial charge in [-0.1, -0.05) is 49.4 Å². The van der Waals surface area contributed by atoms with Crippen LogP contribution in [0.15, 0.2) is 48.5 Å². The number of hydrogen-bond acceptors (Lipinski definition) is 4. The Balaban J connectivity index is 1.92. The number of rotatable bonds is 4. The average molecular weight is 330 g/mol. The minimum atomic E-state index is 0.574. The van der Waals surface area contributed by atoms with Crippen LogP contribution in [0.25, 0.3) is 33.8 Å². The second-order valence-corrected chi connectivity index (χ2v) is 5.91. The van der Waals surface area contributed by atoms with Crippen molar-refractivity contribution in [1.82, 2.24) is 30.8 Å². The molecule has 2 aromatic heterocycles. The molecule has 0 atom stereocenters. The van der Waals surface area contributed by atoms with Gasteiger partial charge in [-0.2, -0.15) is 10.3 Å². The van der Waals surface area contributed by atoms with Crippen molar-refractivity contribution in [1.29, 1.82) is 0 Å². The van der Waals surface area contributed by atoms with E-state index in [1.165, 1.54) is 5.56 Å². The highest BCUT2D eigenvalue weighted by Gasteiger charge is 2.19. The number of tetrazole rings is 1. The topological polar surface area (TPSA) is 83.1 Å². The number of aryl methyl sites for hydroxylation is 2. The lowest BCUT2D eigenvalue weighted by atomic mass is 9.94. The predicted octanol–water partition coefficient (Wildman–Crippen LogP) is 3.79. The van der Waals surface area contributed by atoms with E-state index in [1.807, 2.05) is 25.1 Å². The van der Waals surface area contributed by atoms with Gasteiger partial charge in [0, 0.05) is 22.4 Å². The van der Waals surface area contributed by atoms with Crippen LogP contribution in [0.4, 0.5) is 0 Å². The predicted molar refractivity (Wildman–Crippen MR) is 96.7 cm³/mol. The van der Waals surface area contributed by atoms with Crippen LogP contribution in [0.3, 0.4) is 0 Å². The Kier molecular flexibility index (Phi) is 3.85. The van der Waals surface area contributed by atoms with Gasteiger partial charge in [0.1, 0.15) is 5.69 Å². The SMILES string of the molecule is CCc1cccc(-c2n[nH]c(C)c2-c2ccccc2-c2nn[nH]n2)c1. The van der Waals surface area contributed by atoms with Gasteiger partial charge >= 0.3 is 0 Å². The van der Waals surface area contributed by atoms with E-state index in [4.69, 9.17) is 0 Å². The van der Waals surface area contributed by atoms with Crippen molar-refractivity contribution in [2.45, 2.75) is 20.3 Å². The Hall–Kier alpha value is -3.28. The molecule has 4 aromatic rings. The summed E-state index contributed by atoms with van der Waals surface area (Å²) < 4.78 is 0. The highest BCUT2D eigenvalue weighted by Crippen LogP contribution is 2.37. The van der Waals surface area contributed by atoms with Crippen LogP contribution in [-0.2, 0) is 6.42 Å². The van der Waals surface area contributed by atoms with E-state index in [0.29, 0.717) is 5.82 Å². The molecule has 0 saturated carbocycles. The van der Waals surface area contributed by atoms with Crippen molar-refractivity contribution in [2.24, 2.45) is 0 Å². The standard InChI is InChI=1S/C19H18N6/c1-3-13-7-6-8-14(11-13)18-17(12(2)20-21-18)15-9-4-5-10-16(15)19-22-24-25-23-19/h4-11H,3H2,1-2H3,(H,20,21)(H,22,23,24,25). The van der Waals surface area contributed by atoms with Gasteiger partial charge in [0.05, 0.1) is 0 Å². The number of nitrogens with one attached hydrogen (secondary N) is 2. The zero-order chi connectivity index (χ0) is 17.2. The first-order chi connectivity index (χ1) is 12.3. The van der Waals surface area contributed by atoms with Gasteiger partial charge in [-0.15, -0.1) is 10.2 Å². The Morgan fingerprint density at radius 2 is 1.80 bits per heavy atom. The molecule has 6 nitrogen and oxygen atoms in total. The van der Waals surface area contributed by atoms with Crippen molar-refractivity contribution in [3.63, 3.8) is 0 Å². The van der Waals surface area contributed by atoms with E-state index in [0.717, 1.165) is 40.1 Å². The summed E-state index contributed by atoms with van der Waals surface area (Å²) in [5, 5.41) is 22.2. The number of aromatic nitrogens is 6. The Labute approximate surface area is 145 Å². The fraction of sp³-hybridized carbons (Fsp3) is 0.158. The van der Waals surface area contributed by atoms with Crippen LogP contribution in [0.2, 0.25) is 0 Å². The molecule has 2 N–H and O–H groups in total. The Morgan fingerprint density at radius 1 is 0.960 bits per heavy atom. The average Bonchev–Trinajstić information content (AvgIpc) is 3.31. The third kappa shape index (κ3) is 2.71. The second-order valence-electron chi connectivity index (χ2n) is 5.91. The molecule has 0 fully saturated rings. The molecule has 2 heterocycles. The lowest BCUT2D eigenvalue weighted by Gasteiger charge is -2.09. The monoisotopic (exact) mass is 330 g/mol. The van der Waals surface area contributed by atoms with Gasteiger partial charge in [0.25, 0.3) is 0 Å². The summed E-state index contributed by atoms with van der Waals surface area (Å²) in [5.74, 6) is 0.574. The summed E-state index contributed by atoms with van der Waals surface area (Å²) in [6.45, 7) is 4.18. The normalized spacial score (nSPS) is 11.0. The number of benzene rings is 2. The molecule has 0 aliphatic carbocycles. The van der Waals surface area contributed by atoms with E-state index < -0.39 is 0 Å². The van der Waals surface area contributed by atoms with Crippen molar-refractivity contribution in [3.05, 3.63) is 59.8 Å². The molecule has 25 heavy (non-hydrogen) atoms. The van der Waals surface area contributed by atoms with Gasteiger partial charge in [-0.3, -0.25) is 5.10 Å². The van der Waals surface area contributed by atoms with Crippen LogP contribution in [0, 0.1) is 6.92 Å². The maximum Gasteiger partial charge on any atom is 0.205 e. The molecule has 0 amide bonds. The van der Waals surface area contributed by atoms with E-state index in [-0.39, 0.29) is 0 Å². The second kappa shape index (κ2) is 6.32. The van der Waals surface area contributed by atoms with E-state index >= 15 is 0 Å². The molecule has 0 spiro atoms. The van der Waals surface area contributed by atoms with E-state index in [2.05, 4.69) is 68.1 Å². The highest BCUT2D eigenvalue weighted by atomic mass is 15.5. The van der Waals surface area contributed by atoms with Crippen molar-refractivity contribution in [3.8, 4) is 33.8 Å². The van der Waals surface area contributed by atoms with Crippen LogP contribution >= 0.6 is 0 Å². The van der Waals surface area contributed by atoms with E-state index in [9.17, 15) is 0 Å². The maximum absolute atomic E-state index is 4.57. The van der Waals surface area contributed by atoms with Gasteiger partial charge in [0.2, 0.25) is 5.82 Å². The molecule has 0 radical (unpaired) electrons.